The van der Waals surface area contributed by atoms with E-state index in [1.165, 1.54) is 0 Å². The fourth-order valence-electron chi connectivity index (χ4n) is 3.32. The Balaban J connectivity index is 2.41. The van der Waals surface area contributed by atoms with Gasteiger partial charge in [-0.1, -0.05) is 44.2 Å². The Morgan fingerprint density at radius 1 is 1.05 bits per heavy atom. The predicted octanol–water partition coefficient (Wildman–Crippen LogP) is 3.08. The summed E-state index contributed by atoms with van der Waals surface area (Å²) in [5.74, 6) is -0.272. The number of aryl methyl sites for hydroxylation is 2. The van der Waals surface area contributed by atoms with Crippen molar-refractivity contribution < 1.29 is 13.5 Å². The van der Waals surface area contributed by atoms with Gasteiger partial charge in [0.05, 0.1) is 16.4 Å². The maximum Gasteiger partial charge on any atom is 0.207 e. The Labute approximate surface area is 131 Å². The van der Waals surface area contributed by atoms with Crippen molar-refractivity contribution in [1.82, 2.24) is 0 Å². The molecule has 1 heterocycles. The SMILES string of the molecule is CCc1cc(CC)c2c(c1)C(CO)c1ccccc1S2(=O)=O. The molecular weight excluding hydrogens is 296 g/mol. The monoisotopic (exact) mass is 316 g/mol. The van der Waals surface area contributed by atoms with Crippen LogP contribution < -0.4 is 0 Å². The quantitative estimate of drug-likeness (QED) is 0.947. The number of aliphatic hydroxyl groups is 1. The Kier molecular flexibility index (Phi) is 3.83. The molecule has 3 nitrogen and oxygen atoms in total. The van der Waals surface area contributed by atoms with Gasteiger partial charge in [-0.15, -0.1) is 0 Å². The van der Waals surface area contributed by atoms with Crippen LogP contribution in [-0.2, 0) is 22.7 Å². The molecule has 1 N–H and O–H groups in total. The first-order valence-corrected chi connectivity index (χ1v) is 9.13. The van der Waals surface area contributed by atoms with Gasteiger partial charge < -0.3 is 5.11 Å². The molecule has 3 rings (SSSR count). The molecule has 1 aliphatic heterocycles. The second kappa shape index (κ2) is 5.52. The van der Waals surface area contributed by atoms with Gasteiger partial charge in [-0.3, -0.25) is 0 Å². The van der Waals surface area contributed by atoms with Gasteiger partial charge in [-0.2, -0.15) is 0 Å². The zero-order valence-corrected chi connectivity index (χ0v) is 13.7. The number of rotatable bonds is 3. The first-order valence-electron chi connectivity index (χ1n) is 7.65. The Morgan fingerprint density at radius 3 is 2.41 bits per heavy atom. The van der Waals surface area contributed by atoms with Gasteiger partial charge in [0.25, 0.3) is 0 Å². The van der Waals surface area contributed by atoms with Gasteiger partial charge in [-0.05, 0) is 41.2 Å². The molecule has 1 aliphatic rings. The third-order valence-corrected chi connectivity index (χ3v) is 6.44. The second-order valence-corrected chi connectivity index (χ2v) is 7.51. The van der Waals surface area contributed by atoms with Crippen LogP contribution in [0, 0.1) is 0 Å². The van der Waals surface area contributed by atoms with Crippen LogP contribution in [0.2, 0.25) is 0 Å². The molecule has 0 fully saturated rings. The highest BCUT2D eigenvalue weighted by atomic mass is 32.2. The van der Waals surface area contributed by atoms with E-state index >= 15 is 0 Å². The lowest BCUT2D eigenvalue weighted by Gasteiger charge is -2.29. The third kappa shape index (κ3) is 2.09. The predicted molar refractivity (Wildman–Crippen MR) is 86.0 cm³/mol. The maximum atomic E-state index is 13.1. The van der Waals surface area contributed by atoms with E-state index in [2.05, 4.69) is 6.92 Å². The first-order chi connectivity index (χ1) is 10.5. The number of sulfone groups is 1. The molecule has 0 amide bonds. The molecule has 22 heavy (non-hydrogen) atoms. The van der Waals surface area contributed by atoms with Crippen molar-refractivity contribution >= 4 is 9.84 Å². The molecule has 0 aromatic heterocycles. The molecule has 4 heteroatoms. The average molecular weight is 316 g/mol. The van der Waals surface area contributed by atoms with E-state index in [0.717, 1.165) is 23.1 Å². The van der Waals surface area contributed by atoms with Gasteiger partial charge in [0.1, 0.15) is 0 Å². The smallest absolute Gasteiger partial charge is 0.207 e. The normalized spacial score (nSPS) is 18.6. The van der Waals surface area contributed by atoms with Crippen LogP contribution in [0.25, 0.3) is 0 Å². The van der Waals surface area contributed by atoms with Crippen LogP contribution in [0.5, 0.6) is 0 Å². The van der Waals surface area contributed by atoms with Crippen molar-refractivity contribution in [2.75, 3.05) is 6.61 Å². The summed E-state index contributed by atoms with van der Waals surface area (Å²) >= 11 is 0. The average Bonchev–Trinajstić information content (AvgIpc) is 2.54. The van der Waals surface area contributed by atoms with E-state index in [1.54, 1.807) is 18.2 Å². The van der Waals surface area contributed by atoms with E-state index < -0.39 is 9.84 Å². The lowest BCUT2D eigenvalue weighted by Crippen LogP contribution is -2.23. The van der Waals surface area contributed by atoms with Crippen LogP contribution in [0.15, 0.2) is 46.2 Å². The summed E-state index contributed by atoms with van der Waals surface area (Å²) in [7, 11) is -3.52. The molecule has 0 aliphatic carbocycles. The molecule has 0 saturated carbocycles. The van der Waals surface area contributed by atoms with Crippen LogP contribution in [-0.4, -0.2) is 20.1 Å². The van der Waals surface area contributed by atoms with Crippen molar-refractivity contribution in [1.29, 1.82) is 0 Å². The molecule has 2 aromatic rings. The van der Waals surface area contributed by atoms with E-state index in [4.69, 9.17) is 0 Å². The molecule has 0 saturated heterocycles. The molecule has 116 valence electrons. The Bertz CT molecular complexity index is 822. The van der Waals surface area contributed by atoms with Gasteiger partial charge in [0.2, 0.25) is 9.84 Å². The lowest BCUT2D eigenvalue weighted by atomic mass is 9.88. The summed E-state index contributed by atoms with van der Waals surface area (Å²) in [6.07, 6.45) is 1.51. The van der Waals surface area contributed by atoms with Gasteiger partial charge in [0, 0.05) is 5.92 Å². The second-order valence-electron chi connectivity index (χ2n) is 5.66. The molecule has 0 bridgehead atoms. The minimum absolute atomic E-state index is 0.0874. The highest BCUT2D eigenvalue weighted by Crippen LogP contribution is 2.43. The minimum atomic E-state index is -3.52. The summed E-state index contributed by atoms with van der Waals surface area (Å²) in [5.41, 5.74) is 3.41. The standard InChI is InChI=1S/C18H20O3S/c1-3-12-9-13(4-2)18-15(10-12)16(11-19)14-7-5-6-8-17(14)22(18,20)21/h5-10,16,19H,3-4,11H2,1-2H3. The van der Waals surface area contributed by atoms with Crippen LogP contribution >= 0.6 is 0 Å². The molecule has 2 aromatic carbocycles. The first kappa shape index (κ1) is 15.3. The Morgan fingerprint density at radius 2 is 1.77 bits per heavy atom. The molecule has 0 spiro atoms. The molecular formula is C18H20O3S. The lowest BCUT2D eigenvalue weighted by molar-refractivity contribution is 0.277. The zero-order chi connectivity index (χ0) is 15.9. The van der Waals surface area contributed by atoms with E-state index in [-0.39, 0.29) is 12.5 Å². The highest BCUT2D eigenvalue weighted by molar-refractivity contribution is 7.91. The summed E-state index contributed by atoms with van der Waals surface area (Å²) in [6.45, 7) is 3.94. The molecule has 0 radical (unpaired) electrons. The minimum Gasteiger partial charge on any atom is -0.395 e. The summed E-state index contributed by atoms with van der Waals surface area (Å²) < 4.78 is 26.1. The van der Waals surface area contributed by atoms with Gasteiger partial charge in [-0.25, -0.2) is 8.42 Å². The summed E-state index contributed by atoms with van der Waals surface area (Å²) in [4.78, 5) is 0.741. The van der Waals surface area contributed by atoms with E-state index in [0.29, 0.717) is 21.8 Å². The fourth-order valence-corrected chi connectivity index (χ4v) is 5.38. The number of hydrogen-bond acceptors (Lipinski definition) is 3. The summed E-state index contributed by atoms with van der Waals surface area (Å²) in [5, 5.41) is 9.89. The number of aliphatic hydroxyl groups excluding tert-OH is 1. The summed E-state index contributed by atoms with van der Waals surface area (Å²) in [6, 6.07) is 10.9. The van der Waals surface area contributed by atoms with E-state index in [1.807, 2.05) is 25.1 Å². The van der Waals surface area contributed by atoms with Crippen molar-refractivity contribution in [3.8, 4) is 0 Å². The zero-order valence-electron chi connectivity index (χ0n) is 12.8. The Hall–Kier alpha value is -1.65. The van der Waals surface area contributed by atoms with E-state index in [9.17, 15) is 13.5 Å². The largest absolute Gasteiger partial charge is 0.395 e. The van der Waals surface area contributed by atoms with Crippen molar-refractivity contribution in [2.45, 2.75) is 42.4 Å². The van der Waals surface area contributed by atoms with Crippen molar-refractivity contribution in [3.63, 3.8) is 0 Å². The number of benzene rings is 2. The van der Waals surface area contributed by atoms with Crippen molar-refractivity contribution in [3.05, 3.63) is 58.7 Å². The number of hydrogen-bond donors (Lipinski definition) is 1. The topological polar surface area (TPSA) is 54.4 Å². The number of fused-ring (bicyclic) bond motifs is 2. The highest BCUT2D eigenvalue weighted by Gasteiger charge is 2.36. The van der Waals surface area contributed by atoms with Crippen LogP contribution in [0.4, 0.5) is 0 Å². The van der Waals surface area contributed by atoms with Gasteiger partial charge >= 0.3 is 0 Å². The van der Waals surface area contributed by atoms with Crippen LogP contribution in [0.3, 0.4) is 0 Å². The molecule has 1 unspecified atom stereocenters. The van der Waals surface area contributed by atoms with Crippen molar-refractivity contribution in [2.24, 2.45) is 0 Å². The van der Waals surface area contributed by atoms with Gasteiger partial charge in [0.15, 0.2) is 0 Å². The fraction of sp³-hybridized carbons (Fsp3) is 0.333. The third-order valence-electron chi connectivity index (χ3n) is 4.45. The van der Waals surface area contributed by atoms with Crippen LogP contribution in [0.1, 0.15) is 42.0 Å². The molecule has 1 atom stereocenters. The maximum absolute atomic E-state index is 13.1.